The van der Waals surface area contributed by atoms with Crippen molar-refractivity contribution in [2.75, 3.05) is 0 Å². The first-order valence-electron chi connectivity index (χ1n) is 2.95. The van der Waals surface area contributed by atoms with Crippen molar-refractivity contribution in [1.29, 1.82) is 0 Å². The second-order valence-electron chi connectivity index (χ2n) is 1.95. The summed E-state index contributed by atoms with van der Waals surface area (Å²) in [5.41, 5.74) is 0. The topological polar surface area (TPSA) is 115 Å². The Balaban J connectivity index is 4.06. The Kier molecular flexibility index (Phi) is 3.95. The van der Waals surface area contributed by atoms with Crippen molar-refractivity contribution >= 4 is 11.9 Å². The summed E-state index contributed by atoms with van der Waals surface area (Å²) in [6.07, 6.45) is -2.22. The van der Waals surface area contributed by atoms with Crippen LogP contribution in [0.3, 0.4) is 0 Å². The fourth-order valence-corrected chi connectivity index (χ4v) is 0.375. The van der Waals surface area contributed by atoms with E-state index in [1.165, 1.54) is 0 Å². The van der Waals surface area contributed by atoms with Crippen LogP contribution in [0.4, 0.5) is 0 Å². The molecule has 6 heteroatoms. The van der Waals surface area contributed by atoms with Crippen LogP contribution >= 0.6 is 0 Å². The first-order chi connectivity index (χ1) is 5.45. The summed E-state index contributed by atoms with van der Waals surface area (Å²) < 4.78 is 0. The predicted molar refractivity (Wildman–Crippen MR) is 36.4 cm³/mol. The van der Waals surface area contributed by atoms with Crippen LogP contribution in [0.25, 0.3) is 0 Å². The van der Waals surface area contributed by atoms with Crippen molar-refractivity contribution in [2.45, 2.75) is 12.2 Å². The van der Waals surface area contributed by atoms with E-state index in [0.29, 0.717) is 12.2 Å². The van der Waals surface area contributed by atoms with E-state index in [9.17, 15) is 9.59 Å². The van der Waals surface area contributed by atoms with Gasteiger partial charge in [-0.15, -0.1) is 0 Å². The lowest BCUT2D eigenvalue weighted by atomic mass is 10.2. The number of aliphatic hydroxyl groups is 2. The highest BCUT2D eigenvalue weighted by molar-refractivity contribution is 5.76. The minimum absolute atomic E-state index is 0.682. The van der Waals surface area contributed by atoms with Crippen LogP contribution in [-0.2, 0) is 9.59 Å². The molecule has 2 atom stereocenters. The van der Waals surface area contributed by atoms with E-state index in [1.54, 1.807) is 0 Å². The van der Waals surface area contributed by atoms with E-state index in [4.69, 9.17) is 20.4 Å². The zero-order chi connectivity index (χ0) is 9.72. The van der Waals surface area contributed by atoms with Gasteiger partial charge in [0.05, 0.1) is 0 Å². The van der Waals surface area contributed by atoms with Crippen LogP contribution in [0.2, 0.25) is 0 Å². The van der Waals surface area contributed by atoms with Gasteiger partial charge in [0.2, 0.25) is 0 Å². The molecule has 0 aliphatic rings. The second kappa shape index (κ2) is 4.47. The van der Waals surface area contributed by atoms with Gasteiger partial charge in [-0.3, -0.25) is 0 Å². The lowest BCUT2D eigenvalue weighted by Crippen LogP contribution is -2.20. The molecule has 0 heterocycles. The lowest BCUT2D eigenvalue weighted by Gasteiger charge is -1.99. The highest BCUT2D eigenvalue weighted by Crippen LogP contribution is 1.90. The van der Waals surface area contributed by atoms with Crippen LogP contribution < -0.4 is 0 Å². The van der Waals surface area contributed by atoms with Gasteiger partial charge >= 0.3 is 11.9 Å². The van der Waals surface area contributed by atoms with E-state index < -0.39 is 24.1 Å². The Morgan fingerprint density at radius 2 is 1.17 bits per heavy atom. The van der Waals surface area contributed by atoms with Gasteiger partial charge in [0.25, 0.3) is 0 Å². The highest BCUT2D eigenvalue weighted by atomic mass is 16.4. The molecule has 0 bridgehead atoms. The van der Waals surface area contributed by atoms with Gasteiger partial charge in [-0.25, -0.2) is 9.59 Å². The molecular formula is C6H8O6. The minimum atomic E-state index is -1.79. The molecule has 0 saturated carbocycles. The molecule has 0 aromatic rings. The monoisotopic (exact) mass is 176 g/mol. The Morgan fingerprint density at radius 1 is 0.917 bits per heavy atom. The largest absolute Gasteiger partial charge is 0.479 e. The van der Waals surface area contributed by atoms with Crippen molar-refractivity contribution in [3.63, 3.8) is 0 Å². The molecule has 4 N–H and O–H groups in total. The minimum Gasteiger partial charge on any atom is -0.479 e. The van der Waals surface area contributed by atoms with Crippen LogP contribution in [0.5, 0.6) is 0 Å². The van der Waals surface area contributed by atoms with Gasteiger partial charge in [0, 0.05) is 0 Å². The molecule has 12 heavy (non-hydrogen) atoms. The average Bonchev–Trinajstić information content (AvgIpc) is 1.98. The third-order valence-electron chi connectivity index (χ3n) is 0.982. The standard InChI is InChI=1S/C6H8O6/c7-3(5(9)10)1-2-4(8)6(11)12/h1-4,7-8H,(H,9,10)(H,11,12). The molecule has 0 rings (SSSR count). The normalized spacial score (nSPS) is 15.8. The van der Waals surface area contributed by atoms with Crippen LogP contribution in [-0.4, -0.2) is 44.6 Å². The molecular weight excluding hydrogens is 168 g/mol. The average molecular weight is 176 g/mol. The number of rotatable bonds is 4. The highest BCUT2D eigenvalue weighted by Gasteiger charge is 2.12. The summed E-state index contributed by atoms with van der Waals surface area (Å²) in [4.78, 5) is 19.9. The van der Waals surface area contributed by atoms with Gasteiger partial charge in [-0.1, -0.05) is 0 Å². The van der Waals surface area contributed by atoms with Crippen molar-refractivity contribution in [2.24, 2.45) is 0 Å². The maximum Gasteiger partial charge on any atom is 0.336 e. The maximum atomic E-state index is 9.95. The number of hydrogen-bond donors (Lipinski definition) is 4. The number of hydrogen-bond acceptors (Lipinski definition) is 4. The fraction of sp³-hybridized carbons (Fsp3) is 0.333. The number of aliphatic hydroxyl groups excluding tert-OH is 2. The smallest absolute Gasteiger partial charge is 0.336 e. The Hall–Kier alpha value is -1.40. The molecule has 0 radical (unpaired) electrons. The maximum absolute atomic E-state index is 9.95. The number of aliphatic carboxylic acids is 2. The Labute approximate surface area is 67.4 Å². The van der Waals surface area contributed by atoms with E-state index in [2.05, 4.69) is 0 Å². The van der Waals surface area contributed by atoms with E-state index >= 15 is 0 Å². The Bertz CT molecular complexity index is 186. The molecule has 0 fully saturated rings. The third kappa shape index (κ3) is 3.69. The summed E-state index contributed by atoms with van der Waals surface area (Å²) in [6, 6.07) is 0. The summed E-state index contributed by atoms with van der Waals surface area (Å²) in [7, 11) is 0. The number of carbonyl (C=O) groups is 2. The third-order valence-corrected chi connectivity index (χ3v) is 0.982. The SMILES string of the molecule is O=C(O)C(O)C=CC(O)C(=O)O. The fourth-order valence-electron chi connectivity index (χ4n) is 0.375. The molecule has 0 amide bonds. The molecule has 68 valence electrons. The molecule has 0 saturated heterocycles. The summed E-state index contributed by atoms with van der Waals surface area (Å²) in [5.74, 6) is -3.02. The van der Waals surface area contributed by atoms with Gasteiger partial charge in [0.1, 0.15) is 0 Å². The number of carboxylic acid groups (broad SMARTS) is 2. The summed E-state index contributed by atoms with van der Waals surface area (Å²) in [5, 5.41) is 33.3. The van der Waals surface area contributed by atoms with E-state index in [-0.39, 0.29) is 0 Å². The first kappa shape index (κ1) is 10.6. The van der Waals surface area contributed by atoms with E-state index in [1.807, 2.05) is 0 Å². The summed E-state index contributed by atoms with van der Waals surface area (Å²) >= 11 is 0. The van der Waals surface area contributed by atoms with E-state index in [0.717, 1.165) is 0 Å². The number of carboxylic acids is 2. The van der Waals surface area contributed by atoms with Gasteiger partial charge < -0.3 is 20.4 Å². The van der Waals surface area contributed by atoms with Crippen LogP contribution in [0.1, 0.15) is 0 Å². The zero-order valence-electron chi connectivity index (χ0n) is 5.91. The summed E-state index contributed by atoms with van der Waals surface area (Å²) in [6.45, 7) is 0. The molecule has 2 unspecified atom stereocenters. The van der Waals surface area contributed by atoms with Gasteiger partial charge in [0.15, 0.2) is 12.2 Å². The second-order valence-corrected chi connectivity index (χ2v) is 1.95. The molecule has 0 spiro atoms. The molecule has 0 aromatic heterocycles. The molecule has 0 aliphatic carbocycles. The van der Waals surface area contributed by atoms with Gasteiger partial charge in [-0.2, -0.15) is 0 Å². The molecule has 0 aromatic carbocycles. The zero-order valence-corrected chi connectivity index (χ0v) is 5.91. The van der Waals surface area contributed by atoms with Crippen molar-refractivity contribution < 1.29 is 30.0 Å². The van der Waals surface area contributed by atoms with Crippen LogP contribution in [0, 0.1) is 0 Å². The quantitative estimate of drug-likeness (QED) is 0.385. The predicted octanol–water partition coefficient (Wildman–Crippen LogP) is -1.57. The van der Waals surface area contributed by atoms with Crippen molar-refractivity contribution in [3.05, 3.63) is 12.2 Å². The Morgan fingerprint density at radius 3 is 1.33 bits per heavy atom. The van der Waals surface area contributed by atoms with Crippen LogP contribution in [0.15, 0.2) is 12.2 Å². The van der Waals surface area contributed by atoms with Gasteiger partial charge in [-0.05, 0) is 12.2 Å². The first-order valence-corrected chi connectivity index (χ1v) is 2.95. The van der Waals surface area contributed by atoms with Crippen molar-refractivity contribution in [1.82, 2.24) is 0 Å². The molecule has 0 aliphatic heterocycles. The lowest BCUT2D eigenvalue weighted by molar-refractivity contribution is -0.145. The molecule has 6 nitrogen and oxygen atoms in total. The van der Waals surface area contributed by atoms with Crippen molar-refractivity contribution in [3.8, 4) is 0 Å².